The molecule has 2 aromatic carbocycles. The number of nitrogens with zero attached hydrogens (tertiary/aromatic N) is 4. The number of carbonyl (C=O) groups excluding carboxylic acids is 1. The van der Waals surface area contributed by atoms with Crippen molar-refractivity contribution in [2.45, 2.75) is 75.0 Å². The number of rotatable bonds is 7. The number of benzene rings is 2. The number of carbonyl (C=O) groups is 1. The Bertz CT molecular complexity index is 1650. The van der Waals surface area contributed by atoms with E-state index in [-0.39, 0.29) is 29.6 Å². The van der Waals surface area contributed by atoms with E-state index in [0.29, 0.717) is 10.6 Å². The van der Waals surface area contributed by atoms with Crippen molar-refractivity contribution in [3.63, 3.8) is 0 Å². The van der Waals surface area contributed by atoms with Crippen molar-refractivity contribution in [3.05, 3.63) is 83.3 Å². The molecular formula is C33H41N7O3S. The van der Waals surface area contributed by atoms with E-state index in [4.69, 9.17) is 4.74 Å². The summed E-state index contributed by atoms with van der Waals surface area (Å²) in [4.78, 5) is 16.2. The van der Waals surface area contributed by atoms with Crippen LogP contribution in [0.15, 0.2) is 65.7 Å². The Labute approximate surface area is 261 Å². The quantitative estimate of drug-likeness (QED) is 0.225. The van der Waals surface area contributed by atoms with Crippen LogP contribution in [0.2, 0.25) is 0 Å². The number of anilines is 1. The summed E-state index contributed by atoms with van der Waals surface area (Å²) < 4.78 is 24.0. The Morgan fingerprint density at radius 2 is 1.84 bits per heavy atom. The number of ether oxygens (including phenoxy) is 1. The minimum absolute atomic E-state index is 0.151. The maximum atomic E-state index is 13.3. The van der Waals surface area contributed by atoms with Gasteiger partial charge in [0.05, 0.1) is 29.6 Å². The summed E-state index contributed by atoms with van der Waals surface area (Å²) in [6.07, 6.45) is 5.53. The van der Waals surface area contributed by atoms with Gasteiger partial charge in [-0.2, -0.15) is 0 Å². The average Bonchev–Trinajstić information content (AvgIpc) is 3.62. The van der Waals surface area contributed by atoms with Crippen molar-refractivity contribution in [1.82, 2.24) is 29.5 Å². The van der Waals surface area contributed by atoms with E-state index in [1.54, 1.807) is 13.1 Å². The van der Waals surface area contributed by atoms with Crippen molar-refractivity contribution in [2.75, 3.05) is 26.0 Å². The first-order valence-electron chi connectivity index (χ1n) is 15.2. The Morgan fingerprint density at radius 1 is 1.05 bits per heavy atom. The average molecular weight is 616 g/mol. The molecule has 44 heavy (non-hydrogen) atoms. The third-order valence-corrected chi connectivity index (χ3v) is 9.70. The van der Waals surface area contributed by atoms with Crippen LogP contribution in [0.1, 0.15) is 87.2 Å². The first kappa shape index (κ1) is 30.4. The van der Waals surface area contributed by atoms with Crippen LogP contribution in [0.4, 0.5) is 10.5 Å². The zero-order valence-electron chi connectivity index (χ0n) is 26.0. The van der Waals surface area contributed by atoms with Gasteiger partial charge in [0.1, 0.15) is 11.9 Å². The van der Waals surface area contributed by atoms with Crippen LogP contribution < -0.4 is 20.1 Å². The molecule has 0 saturated carbocycles. The molecule has 3 N–H and O–H groups in total. The third kappa shape index (κ3) is 6.28. The van der Waals surface area contributed by atoms with Gasteiger partial charge in [-0.05, 0) is 85.6 Å². The van der Waals surface area contributed by atoms with Gasteiger partial charge in [0.25, 0.3) is 0 Å². The predicted molar refractivity (Wildman–Crippen MR) is 172 cm³/mol. The standard InChI is InChI=1S/C33H41N7O3S/c1-33(2,3)21-17-22(19-24(18-21)44(42)34-4)35-32(41)36-27-13-14-29(26-10-7-6-9-25(26)27)43-23-12-15-30-37-38-31(40(30)20-23)28-11-8-16-39(28)5/h6-7,9-10,12,15,17-20,27-29,34H,8,11,13-14,16H2,1-5H3,(H2,35,36,41)/t27-,28-,29+,44?/m0/s1. The number of amides is 2. The van der Waals surface area contributed by atoms with Gasteiger partial charge in [-0.15, -0.1) is 14.9 Å². The van der Waals surface area contributed by atoms with E-state index < -0.39 is 11.4 Å². The molecule has 0 bridgehead atoms. The van der Waals surface area contributed by atoms with E-state index in [1.807, 2.05) is 42.6 Å². The Morgan fingerprint density at radius 3 is 2.57 bits per heavy atom. The number of nitrogens with one attached hydrogen (secondary N) is 3. The van der Waals surface area contributed by atoms with Gasteiger partial charge in [0.15, 0.2) is 16.4 Å². The number of pyridine rings is 1. The van der Waals surface area contributed by atoms with Crippen LogP contribution in [0.3, 0.4) is 0 Å². The fourth-order valence-electron chi connectivity index (χ4n) is 6.26. The second-order valence-electron chi connectivity index (χ2n) is 12.7. The summed E-state index contributed by atoms with van der Waals surface area (Å²) >= 11 is -1.37. The van der Waals surface area contributed by atoms with E-state index in [1.165, 1.54) is 0 Å². The Kier molecular flexibility index (Phi) is 8.56. The third-order valence-electron chi connectivity index (χ3n) is 8.67. The van der Waals surface area contributed by atoms with Crippen LogP contribution in [0, 0.1) is 0 Å². The lowest BCUT2D eigenvalue weighted by molar-refractivity contribution is 0.171. The molecule has 6 rings (SSSR count). The van der Waals surface area contributed by atoms with Gasteiger partial charge < -0.3 is 19.9 Å². The second-order valence-corrected chi connectivity index (χ2v) is 14.1. The van der Waals surface area contributed by atoms with Gasteiger partial charge in [-0.1, -0.05) is 45.0 Å². The van der Waals surface area contributed by atoms with Crippen LogP contribution >= 0.6 is 0 Å². The number of fused-ring (bicyclic) bond motifs is 2. The van der Waals surface area contributed by atoms with E-state index in [9.17, 15) is 9.35 Å². The van der Waals surface area contributed by atoms with E-state index >= 15 is 0 Å². The molecule has 10 nitrogen and oxygen atoms in total. The van der Waals surface area contributed by atoms with Crippen LogP contribution in [0.25, 0.3) is 5.65 Å². The molecule has 3 heterocycles. The van der Waals surface area contributed by atoms with Crippen LogP contribution in [-0.4, -0.2) is 50.7 Å². The number of hydrogen-bond acceptors (Lipinski definition) is 7. The fraction of sp³-hybridized carbons (Fsp3) is 0.424. The molecule has 0 radical (unpaired) electrons. The summed E-state index contributed by atoms with van der Waals surface area (Å²) in [7, 11) is 3.78. The summed E-state index contributed by atoms with van der Waals surface area (Å²) in [5.41, 5.74) is 4.33. The number of urea groups is 1. The van der Waals surface area contributed by atoms with Gasteiger partial charge in [0, 0.05) is 18.8 Å². The molecule has 232 valence electrons. The van der Waals surface area contributed by atoms with Crippen LogP contribution in [0.5, 0.6) is 5.75 Å². The molecule has 1 saturated heterocycles. The molecule has 1 unspecified atom stereocenters. The molecule has 2 aromatic heterocycles. The molecule has 11 heteroatoms. The minimum Gasteiger partial charge on any atom is -0.593 e. The minimum atomic E-state index is -1.37. The van der Waals surface area contributed by atoms with Gasteiger partial charge in [-0.3, -0.25) is 9.30 Å². The van der Waals surface area contributed by atoms with Gasteiger partial charge in [0.2, 0.25) is 0 Å². The first-order chi connectivity index (χ1) is 21.1. The molecule has 4 atom stereocenters. The number of likely N-dealkylation sites (tertiary alicyclic amines) is 1. The topological polar surface area (TPSA) is 119 Å². The largest absolute Gasteiger partial charge is 0.593 e. The zero-order chi connectivity index (χ0) is 31.0. The fourth-order valence-corrected chi connectivity index (χ4v) is 6.97. The van der Waals surface area contributed by atoms with Crippen molar-refractivity contribution in [3.8, 4) is 5.75 Å². The lowest BCUT2D eigenvalue weighted by Gasteiger charge is -2.32. The highest BCUT2D eigenvalue weighted by atomic mass is 32.2. The normalized spacial score (nSPS) is 21.2. The molecule has 2 aliphatic rings. The predicted octanol–water partition coefficient (Wildman–Crippen LogP) is 5.81. The summed E-state index contributed by atoms with van der Waals surface area (Å²) in [6.45, 7) is 7.33. The summed E-state index contributed by atoms with van der Waals surface area (Å²) in [5, 5.41) is 15.1. The highest BCUT2D eigenvalue weighted by molar-refractivity contribution is 7.89. The Balaban J connectivity index is 1.18. The van der Waals surface area contributed by atoms with E-state index in [2.05, 4.69) is 74.8 Å². The van der Waals surface area contributed by atoms with Crippen LogP contribution in [-0.2, 0) is 16.8 Å². The molecule has 1 aliphatic carbocycles. The van der Waals surface area contributed by atoms with Gasteiger partial charge >= 0.3 is 6.03 Å². The maximum absolute atomic E-state index is 13.3. The zero-order valence-corrected chi connectivity index (χ0v) is 26.8. The summed E-state index contributed by atoms with van der Waals surface area (Å²) in [6, 6.07) is 17.4. The lowest BCUT2D eigenvalue weighted by Crippen LogP contribution is -2.35. The lowest BCUT2D eigenvalue weighted by atomic mass is 9.85. The number of aromatic nitrogens is 3. The smallest absolute Gasteiger partial charge is 0.319 e. The second kappa shape index (κ2) is 12.4. The summed E-state index contributed by atoms with van der Waals surface area (Å²) in [5.74, 6) is 1.71. The molecule has 1 aliphatic heterocycles. The Hall–Kier alpha value is -3.64. The maximum Gasteiger partial charge on any atom is 0.319 e. The monoisotopic (exact) mass is 615 g/mol. The molecule has 1 fully saturated rings. The van der Waals surface area contributed by atoms with Crippen molar-refractivity contribution in [2.24, 2.45) is 0 Å². The van der Waals surface area contributed by atoms with Crippen molar-refractivity contribution in [1.29, 1.82) is 0 Å². The van der Waals surface area contributed by atoms with Gasteiger partial charge in [-0.25, -0.2) is 4.79 Å². The van der Waals surface area contributed by atoms with Crippen molar-refractivity contribution < 1.29 is 14.1 Å². The number of hydrogen-bond donors (Lipinski definition) is 3. The highest BCUT2D eigenvalue weighted by Gasteiger charge is 2.31. The van der Waals surface area contributed by atoms with Crippen molar-refractivity contribution >= 4 is 28.7 Å². The first-order valence-corrected chi connectivity index (χ1v) is 16.4. The van der Waals surface area contributed by atoms with E-state index in [0.717, 1.165) is 66.1 Å². The SMILES string of the molecule is CN[S+]([O-])c1cc(NC(=O)N[C@H]2CC[C@@H](Oc3ccc4nnc([C@@H]5CCCN5C)n4c3)c3ccccc32)cc(C(C)(C)C)c1. The molecular weight excluding hydrogens is 574 g/mol. The molecule has 4 aromatic rings. The highest BCUT2D eigenvalue weighted by Crippen LogP contribution is 2.39. The molecule has 0 spiro atoms. The molecule has 2 amide bonds.